The van der Waals surface area contributed by atoms with Gasteiger partial charge >= 0.3 is 0 Å². The number of anilines is 1. The Bertz CT molecular complexity index is 583. The molecule has 1 heterocycles. The molecule has 0 bridgehead atoms. The lowest BCUT2D eigenvalue weighted by molar-refractivity contribution is 0.318. The molecular weight excluding hydrogens is 252 g/mol. The summed E-state index contributed by atoms with van der Waals surface area (Å²) in [4.78, 5) is 6.27. The van der Waals surface area contributed by atoms with Crippen molar-refractivity contribution in [3.63, 3.8) is 0 Å². The van der Waals surface area contributed by atoms with Crippen LogP contribution in [0.4, 0.5) is 5.69 Å². The van der Waals surface area contributed by atoms with Crippen LogP contribution < -0.4 is 10.6 Å². The fourth-order valence-electron chi connectivity index (χ4n) is 2.08. The topological polar surface area (TPSA) is 74.7 Å². The van der Waals surface area contributed by atoms with Crippen molar-refractivity contribution in [3.8, 4) is 0 Å². The van der Waals surface area contributed by atoms with Crippen LogP contribution in [0.1, 0.15) is 18.1 Å². The number of hydrogen-bond donors (Lipinski definition) is 2. The van der Waals surface area contributed by atoms with Crippen LogP contribution >= 0.6 is 0 Å². The van der Waals surface area contributed by atoms with Gasteiger partial charge in [0.1, 0.15) is 0 Å². The van der Waals surface area contributed by atoms with E-state index in [4.69, 9.17) is 10.9 Å². The van der Waals surface area contributed by atoms with E-state index >= 15 is 0 Å². The number of benzene rings is 1. The highest BCUT2D eigenvalue weighted by Crippen LogP contribution is 2.21. The SMILES string of the molecule is CCN(Cc1ccccc1)c1cnccc1/C(N)=N/O. The molecular formula is C15H18N4O. The van der Waals surface area contributed by atoms with E-state index in [-0.39, 0.29) is 5.84 Å². The Balaban J connectivity index is 2.33. The van der Waals surface area contributed by atoms with Crippen molar-refractivity contribution < 1.29 is 5.21 Å². The average molecular weight is 270 g/mol. The first kappa shape index (κ1) is 13.9. The Morgan fingerprint density at radius 2 is 2.05 bits per heavy atom. The second-order valence-corrected chi connectivity index (χ2v) is 4.38. The predicted octanol–water partition coefficient (Wildman–Crippen LogP) is 2.20. The largest absolute Gasteiger partial charge is 0.409 e. The maximum absolute atomic E-state index is 8.88. The average Bonchev–Trinajstić information content (AvgIpc) is 2.53. The Morgan fingerprint density at radius 1 is 1.30 bits per heavy atom. The molecule has 3 N–H and O–H groups in total. The minimum atomic E-state index is 0.0916. The summed E-state index contributed by atoms with van der Waals surface area (Å²) in [7, 11) is 0. The number of rotatable bonds is 5. The summed E-state index contributed by atoms with van der Waals surface area (Å²) in [5.74, 6) is 0.0916. The Kier molecular flexibility index (Phi) is 4.55. The maximum Gasteiger partial charge on any atom is 0.172 e. The molecule has 5 nitrogen and oxygen atoms in total. The molecule has 1 aromatic heterocycles. The smallest absolute Gasteiger partial charge is 0.172 e. The Hall–Kier alpha value is -2.56. The van der Waals surface area contributed by atoms with Gasteiger partial charge in [-0.2, -0.15) is 0 Å². The van der Waals surface area contributed by atoms with E-state index in [2.05, 4.69) is 34.1 Å². The minimum Gasteiger partial charge on any atom is -0.409 e. The summed E-state index contributed by atoms with van der Waals surface area (Å²) in [5.41, 5.74) is 8.46. The van der Waals surface area contributed by atoms with Crippen LogP contribution in [0, 0.1) is 0 Å². The van der Waals surface area contributed by atoms with Crippen LogP contribution in [0.3, 0.4) is 0 Å². The van der Waals surface area contributed by atoms with Gasteiger partial charge in [0.15, 0.2) is 5.84 Å². The molecule has 0 atom stereocenters. The highest BCUT2D eigenvalue weighted by molar-refractivity contribution is 6.01. The van der Waals surface area contributed by atoms with Crippen LogP contribution in [-0.2, 0) is 6.54 Å². The van der Waals surface area contributed by atoms with Crippen molar-refractivity contribution in [2.45, 2.75) is 13.5 Å². The van der Waals surface area contributed by atoms with E-state index in [9.17, 15) is 0 Å². The summed E-state index contributed by atoms with van der Waals surface area (Å²) in [5, 5.41) is 12.0. The van der Waals surface area contributed by atoms with Gasteiger partial charge in [-0.25, -0.2) is 0 Å². The number of nitrogens with zero attached hydrogens (tertiary/aromatic N) is 3. The third-order valence-corrected chi connectivity index (χ3v) is 3.12. The van der Waals surface area contributed by atoms with Crippen LogP contribution in [0.5, 0.6) is 0 Å². The zero-order chi connectivity index (χ0) is 14.4. The molecule has 20 heavy (non-hydrogen) atoms. The third-order valence-electron chi connectivity index (χ3n) is 3.12. The normalized spacial score (nSPS) is 11.3. The van der Waals surface area contributed by atoms with Crippen molar-refractivity contribution in [1.29, 1.82) is 0 Å². The standard InChI is InChI=1S/C15H18N4O/c1-2-19(11-12-6-4-3-5-7-12)14-10-17-9-8-13(14)15(16)18-20/h3-10,20H,2,11H2,1H3,(H2,16,18). The quantitative estimate of drug-likeness (QED) is 0.378. The summed E-state index contributed by atoms with van der Waals surface area (Å²) in [6.45, 7) is 3.60. The molecule has 0 aliphatic rings. The third kappa shape index (κ3) is 3.06. The molecule has 0 radical (unpaired) electrons. The highest BCUT2D eigenvalue weighted by atomic mass is 16.4. The molecule has 0 saturated heterocycles. The number of oxime groups is 1. The molecule has 2 rings (SSSR count). The monoisotopic (exact) mass is 270 g/mol. The van der Waals surface area contributed by atoms with Crippen molar-refractivity contribution in [2.24, 2.45) is 10.9 Å². The summed E-state index contributed by atoms with van der Waals surface area (Å²) >= 11 is 0. The highest BCUT2D eigenvalue weighted by Gasteiger charge is 2.13. The van der Waals surface area contributed by atoms with Gasteiger partial charge in [-0.3, -0.25) is 4.98 Å². The number of hydrogen-bond acceptors (Lipinski definition) is 4. The zero-order valence-corrected chi connectivity index (χ0v) is 11.4. The van der Waals surface area contributed by atoms with Gasteiger partial charge in [0.05, 0.1) is 11.9 Å². The maximum atomic E-state index is 8.88. The van der Waals surface area contributed by atoms with Gasteiger partial charge in [-0.15, -0.1) is 0 Å². The Morgan fingerprint density at radius 3 is 2.70 bits per heavy atom. The van der Waals surface area contributed by atoms with Gasteiger partial charge < -0.3 is 15.8 Å². The molecule has 1 aromatic carbocycles. The summed E-state index contributed by atoms with van der Waals surface area (Å²) in [6, 6.07) is 11.9. The predicted molar refractivity (Wildman–Crippen MR) is 79.9 cm³/mol. The molecule has 0 spiro atoms. The lowest BCUT2D eigenvalue weighted by Crippen LogP contribution is -2.26. The molecule has 0 saturated carbocycles. The Labute approximate surface area is 118 Å². The number of nitrogens with two attached hydrogens (primary N) is 1. The molecule has 0 fully saturated rings. The zero-order valence-electron chi connectivity index (χ0n) is 11.4. The van der Waals surface area contributed by atoms with Crippen molar-refractivity contribution >= 4 is 11.5 Å². The minimum absolute atomic E-state index is 0.0916. The van der Waals surface area contributed by atoms with E-state index in [1.54, 1.807) is 18.5 Å². The van der Waals surface area contributed by atoms with E-state index < -0.39 is 0 Å². The first-order valence-corrected chi connectivity index (χ1v) is 6.47. The van der Waals surface area contributed by atoms with Crippen LogP contribution in [0.2, 0.25) is 0 Å². The lowest BCUT2D eigenvalue weighted by atomic mass is 10.1. The number of pyridine rings is 1. The second-order valence-electron chi connectivity index (χ2n) is 4.38. The molecule has 0 aliphatic heterocycles. The van der Waals surface area contributed by atoms with E-state index in [1.807, 2.05) is 18.2 Å². The molecule has 0 aliphatic carbocycles. The van der Waals surface area contributed by atoms with Gasteiger partial charge in [0.2, 0.25) is 0 Å². The molecule has 104 valence electrons. The molecule has 5 heteroatoms. The summed E-state index contributed by atoms with van der Waals surface area (Å²) < 4.78 is 0. The fourth-order valence-corrected chi connectivity index (χ4v) is 2.08. The van der Waals surface area contributed by atoms with Crippen LogP contribution in [0.25, 0.3) is 0 Å². The van der Waals surface area contributed by atoms with Crippen LogP contribution in [0.15, 0.2) is 53.9 Å². The van der Waals surface area contributed by atoms with Gasteiger partial charge in [-0.05, 0) is 18.6 Å². The van der Waals surface area contributed by atoms with Gasteiger partial charge in [0, 0.05) is 24.8 Å². The molecule has 0 unspecified atom stereocenters. The number of amidine groups is 1. The first-order chi connectivity index (χ1) is 9.76. The van der Waals surface area contributed by atoms with E-state index in [0.29, 0.717) is 5.56 Å². The number of aromatic nitrogens is 1. The molecule has 2 aromatic rings. The molecule has 0 amide bonds. The second kappa shape index (κ2) is 6.56. The van der Waals surface area contributed by atoms with E-state index in [0.717, 1.165) is 18.8 Å². The lowest BCUT2D eigenvalue weighted by Gasteiger charge is -2.25. The van der Waals surface area contributed by atoms with E-state index in [1.165, 1.54) is 5.56 Å². The van der Waals surface area contributed by atoms with Crippen molar-refractivity contribution in [3.05, 3.63) is 59.9 Å². The van der Waals surface area contributed by atoms with Crippen molar-refractivity contribution in [2.75, 3.05) is 11.4 Å². The van der Waals surface area contributed by atoms with Crippen LogP contribution in [-0.4, -0.2) is 22.6 Å². The fraction of sp³-hybridized carbons (Fsp3) is 0.200. The van der Waals surface area contributed by atoms with Gasteiger partial charge in [0.25, 0.3) is 0 Å². The van der Waals surface area contributed by atoms with Crippen molar-refractivity contribution in [1.82, 2.24) is 4.98 Å². The first-order valence-electron chi connectivity index (χ1n) is 6.47. The van der Waals surface area contributed by atoms with Gasteiger partial charge in [-0.1, -0.05) is 35.5 Å². The summed E-state index contributed by atoms with van der Waals surface area (Å²) in [6.07, 6.45) is 3.37.